The second-order valence-corrected chi connectivity index (χ2v) is 5.80. The van der Waals surface area contributed by atoms with Crippen LogP contribution in [0.25, 0.3) is 0 Å². The number of anilines is 1. The molecule has 1 aliphatic carbocycles. The van der Waals surface area contributed by atoms with Crippen molar-refractivity contribution in [3.63, 3.8) is 0 Å². The molecule has 2 aromatic rings. The lowest BCUT2D eigenvalue weighted by atomic mass is 9.95. The van der Waals surface area contributed by atoms with Gasteiger partial charge in [0.25, 0.3) is 0 Å². The fourth-order valence-electron chi connectivity index (χ4n) is 2.85. The number of hydrogen-bond donors (Lipinski definition) is 1. The van der Waals surface area contributed by atoms with Crippen molar-refractivity contribution >= 4 is 5.82 Å². The molecule has 0 radical (unpaired) electrons. The lowest BCUT2D eigenvalue weighted by molar-refractivity contribution is 0.278. The Morgan fingerprint density at radius 1 is 1.17 bits per heavy atom. The van der Waals surface area contributed by atoms with Gasteiger partial charge in [0.15, 0.2) is 11.6 Å². The van der Waals surface area contributed by atoms with Crippen LogP contribution in [0.1, 0.15) is 37.7 Å². The summed E-state index contributed by atoms with van der Waals surface area (Å²) in [6.45, 7) is 0.333. The van der Waals surface area contributed by atoms with E-state index in [-0.39, 0.29) is 17.9 Å². The molecule has 0 bridgehead atoms. The van der Waals surface area contributed by atoms with Gasteiger partial charge in [0.1, 0.15) is 6.61 Å². The van der Waals surface area contributed by atoms with Crippen molar-refractivity contribution in [3.8, 4) is 6.01 Å². The summed E-state index contributed by atoms with van der Waals surface area (Å²) in [6.07, 6.45) is 6.47. The SMILES string of the molecule is NN(c1nc(OCc2ccccc2)ncc1F)C1CCCCC1. The summed E-state index contributed by atoms with van der Waals surface area (Å²) in [4.78, 5) is 8.05. The number of nitrogens with zero attached hydrogens (tertiary/aromatic N) is 3. The number of benzene rings is 1. The van der Waals surface area contributed by atoms with Crippen molar-refractivity contribution in [2.45, 2.75) is 44.8 Å². The fraction of sp³-hybridized carbons (Fsp3) is 0.412. The van der Waals surface area contributed by atoms with Crippen LogP contribution in [-0.4, -0.2) is 16.0 Å². The molecule has 1 aliphatic rings. The van der Waals surface area contributed by atoms with Gasteiger partial charge in [-0.05, 0) is 18.4 Å². The van der Waals surface area contributed by atoms with Crippen LogP contribution in [0.15, 0.2) is 36.5 Å². The van der Waals surface area contributed by atoms with E-state index in [1.807, 2.05) is 30.3 Å². The Kier molecular flexibility index (Phi) is 5.02. The molecule has 5 nitrogen and oxygen atoms in total. The van der Waals surface area contributed by atoms with Crippen LogP contribution in [-0.2, 0) is 6.61 Å². The molecule has 1 fully saturated rings. The lowest BCUT2D eigenvalue weighted by Gasteiger charge is -2.31. The highest BCUT2D eigenvalue weighted by molar-refractivity contribution is 5.39. The second kappa shape index (κ2) is 7.37. The van der Waals surface area contributed by atoms with Crippen molar-refractivity contribution in [2.24, 2.45) is 5.84 Å². The summed E-state index contributed by atoms with van der Waals surface area (Å²) in [5.41, 5.74) is 0.999. The number of ether oxygens (including phenoxy) is 1. The number of nitrogens with two attached hydrogens (primary N) is 1. The minimum Gasteiger partial charge on any atom is -0.459 e. The van der Waals surface area contributed by atoms with Crippen LogP contribution in [0, 0.1) is 5.82 Å². The normalized spacial score (nSPS) is 15.4. The van der Waals surface area contributed by atoms with E-state index in [9.17, 15) is 4.39 Å². The minimum atomic E-state index is -0.523. The standard InChI is InChI=1S/C17H21FN4O/c18-15-11-20-17(23-12-13-7-3-1-4-8-13)21-16(15)22(19)14-9-5-2-6-10-14/h1,3-4,7-8,11,14H,2,5-6,9-10,12,19H2. The molecule has 1 aromatic heterocycles. The number of hydrazine groups is 1. The van der Waals surface area contributed by atoms with E-state index in [1.165, 1.54) is 11.4 Å². The number of aromatic nitrogens is 2. The van der Waals surface area contributed by atoms with Gasteiger partial charge in [0.05, 0.1) is 6.20 Å². The number of hydrogen-bond acceptors (Lipinski definition) is 5. The largest absolute Gasteiger partial charge is 0.459 e. The molecule has 0 unspecified atom stereocenters. The maximum absolute atomic E-state index is 14.0. The van der Waals surface area contributed by atoms with Gasteiger partial charge >= 0.3 is 6.01 Å². The Labute approximate surface area is 135 Å². The molecule has 1 aromatic carbocycles. The number of halogens is 1. The van der Waals surface area contributed by atoms with E-state index in [4.69, 9.17) is 10.6 Å². The monoisotopic (exact) mass is 316 g/mol. The zero-order chi connectivity index (χ0) is 16.1. The second-order valence-electron chi connectivity index (χ2n) is 5.80. The third-order valence-corrected chi connectivity index (χ3v) is 4.13. The minimum absolute atomic E-state index is 0.106. The average molecular weight is 316 g/mol. The fourth-order valence-corrected chi connectivity index (χ4v) is 2.85. The van der Waals surface area contributed by atoms with E-state index in [1.54, 1.807) is 0 Å². The van der Waals surface area contributed by atoms with Crippen molar-refractivity contribution in [1.82, 2.24) is 9.97 Å². The van der Waals surface area contributed by atoms with Crippen LogP contribution in [0.4, 0.5) is 10.2 Å². The molecule has 3 rings (SSSR count). The Morgan fingerprint density at radius 2 is 1.91 bits per heavy atom. The molecule has 23 heavy (non-hydrogen) atoms. The summed E-state index contributed by atoms with van der Waals surface area (Å²) in [7, 11) is 0. The predicted molar refractivity (Wildman–Crippen MR) is 86.3 cm³/mol. The first-order valence-electron chi connectivity index (χ1n) is 7.97. The quantitative estimate of drug-likeness (QED) is 0.678. The van der Waals surface area contributed by atoms with E-state index in [0.717, 1.165) is 37.4 Å². The summed E-state index contributed by atoms with van der Waals surface area (Å²) < 4.78 is 19.6. The lowest BCUT2D eigenvalue weighted by Crippen LogP contribution is -2.43. The summed E-state index contributed by atoms with van der Waals surface area (Å²) in [6, 6.07) is 9.95. The highest BCUT2D eigenvalue weighted by Gasteiger charge is 2.23. The predicted octanol–water partition coefficient (Wildman–Crippen LogP) is 3.21. The molecule has 0 saturated heterocycles. The summed E-state index contributed by atoms with van der Waals surface area (Å²) >= 11 is 0. The van der Waals surface area contributed by atoms with Crippen molar-refractivity contribution in [1.29, 1.82) is 0 Å². The number of rotatable bonds is 5. The molecule has 0 spiro atoms. The average Bonchev–Trinajstić information content (AvgIpc) is 2.62. The Bertz CT molecular complexity index is 632. The van der Waals surface area contributed by atoms with E-state index in [2.05, 4.69) is 9.97 Å². The van der Waals surface area contributed by atoms with Gasteiger partial charge in [0, 0.05) is 6.04 Å². The van der Waals surface area contributed by atoms with E-state index in [0.29, 0.717) is 6.61 Å². The van der Waals surface area contributed by atoms with Crippen LogP contribution in [0.2, 0.25) is 0 Å². The van der Waals surface area contributed by atoms with Gasteiger partial charge in [0.2, 0.25) is 0 Å². The molecular weight excluding hydrogens is 295 g/mol. The first kappa shape index (κ1) is 15.7. The third-order valence-electron chi connectivity index (χ3n) is 4.13. The van der Waals surface area contributed by atoms with Gasteiger partial charge in [-0.15, -0.1) is 0 Å². The van der Waals surface area contributed by atoms with Crippen LogP contribution in [0.5, 0.6) is 6.01 Å². The van der Waals surface area contributed by atoms with Gasteiger partial charge in [-0.1, -0.05) is 49.6 Å². The molecule has 6 heteroatoms. The summed E-state index contributed by atoms with van der Waals surface area (Å²) in [5, 5.41) is 1.44. The van der Waals surface area contributed by atoms with Crippen molar-refractivity contribution in [3.05, 3.63) is 47.9 Å². The van der Waals surface area contributed by atoms with Gasteiger partial charge in [-0.25, -0.2) is 15.2 Å². The smallest absolute Gasteiger partial charge is 0.318 e. The van der Waals surface area contributed by atoms with Crippen LogP contribution >= 0.6 is 0 Å². The van der Waals surface area contributed by atoms with E-state index >= 15 is 0 Å². The maximum Gasteiger partial charge on any atom is 0.318 e. The highest BCUT2D eigenvalue weighted by atomic mass is 19.1. The topological polar surface area (TPSA) is 64.3 Å². The molecule has 1 heterocycles. The zero-order valence-electron chi connectivity index (χ0n) is 13.0. The zero-order valence-corrected chi connectivity index (χ0v) is 13.0. The molecular formula is C17H21FN4O. The summed E-state index contributed by atoms with van der Waals surface area (Å²) in [5.74, 6) is 5.68. The van der Waals surface area contributed by atoms with Gasteiger partial charge < -0.3 is 4.74 Å². The van der Waals surface area contributed by atoms with Gasteiger partial charge in [-0.3, -0.25) is 5.01 Å². The van der Waals surface area contributed by atoms with Crippen LogP contribution < -0.4 is 15.6 Å². The van der Waals surface area contributed by atoms with Gasteiger partial charge in [-0.2, -0.15) is 4.98 Å². The molecule has 2 N–H and O–H groups in total. The van der Waals surface area contributed by atoms with E-state index < -0.39 is 5.82 Å². The molecule has 0 atom stereocenters. The molecule has 1 saturated carbocycles. The molecule has 122 valence electrons. The first-order chi connectivity index (χ1) is 11.2. The molecule has 0 amide bonds. The van der Waals surface area contributed by atoms with Crippen LogP contribution in [0.3, 0.4) is 0 Å². The Balaban J connectivity index is 1.70. The Morgan fingerprint density at radius 3 is 2.65 bits per heavy atom. The first-order valence-corrected chi connectivity index (χ1v) is 7.97. The van der Waals surface area contributed by atoms with Crippen molar-refractivity contribution < 1.29 is 9.13 Å². The highest BCUT2D eigenvalue weighted by Crippen LogP contribution is 2.26. The third kappa shape index (κ3) is 3.96. The molecule has 0 aliphatic heterocycles. The Hall–Kier alpha value is -2.21. The van der Waals surface area contributed by atoms with Crippen molar-refractivity contribution in [2.75, 3.05) is 5.01 Å². The maximum atomic E-state index is 14.0.